The maximum atomic E-state index is 11.7. The van der Waals surface area contributed by atoms with Crippen molar-refractivity contribution in [3.8, 4) is 0 Å². The molecule has 0 radical (unpaired) electrons. The number of benzene rings is 1. The van der Waals surface area contributed by atoms with Crippen LogP contribution in [0.1, 0.15) is 17.9 Å². The van der Waals surface area contributed by atoms with Gasteiger partial charge in [0, 0.05) is 16.3 Å². The molecular formula is C12H12ClNO4. The predicted molar refractivity (Wildman–Crippen MR) is 65.9 cm³/mol. The normalized spacial score (nSPS) is 21.7. The summed E-state index contributed by atoms with van der Waals surface area (Å²) in [5.41, 5.74) is 1.17. The third-order valence-corrected chi connectivity index (χ3v) is 3.32. The van der Waals surface area contributed by atoms with Crippen LogP contribution in [0.2, 0.25) is 5.02 Å². The molecule has 2 atom stereocenters. The van der Waals surface area contributed by atoms with Crippen molar-refractivity contribution in [2.24, 2.45) is 0 Å². The van der Waals surface area contributed by atoms with Crippen LogP contribution in [0, 0.1) is 0 Å². The fourth-order valence-electron chi connectivity index (χ4n) is 2.14. The number of anilines is 1. The first kappa shape index (κ1) is 12.7. The molecule has 96 valence electrons. The SMILES string of the molecule is COC(=O)[C@H]1C[C@@H](C(=O)O)Nc2cccc(Cl)c21. The molecule has 5 nitrogen and oxygen atoms in total. The Hall–Kier alpha value is -1.75. The molecule has 18 heavy (non-hydrogen) atoms. The first-order valence-electron chi connectivity index (χ1n) is 5.40. The van der Waals surface area contributed by atoms with Gasteiger partial charge in [-0.05, 0) is 18.6 Å². The van der Waals surface area contributed by atoms with E-state index in [0.29, 0.717) is 16.3 Å². The summed E-state index contributed by atoms with van der Waals surface area (Å²) in [6.07, 6.45) is 0.124. The number of carbonyl (C=O) groups excluding carboxylic acids is 1. The van der Waals surface area contributed by atoms with Crippen LogP contribution in [-0.2, 0) is 14.3 Å². The zero-order chi connectivity index (χ0) is 13.3. The van der Waals surface area contributed by atoms with Gasteiger partial charge in [0.1, 0.15) is 6.04 Å². The molecule has 0 unspecified atom stereocenters. The van der Waals surface area contributed by atoms with Crippen LogP contribution in [0.15, 0.2) is 18.2 Å². The summed E-state index contributed by atoms with van der Waals surface area (Å²) in [5, 5.41) is 12.3. The zero-order valence-electron chi connectivity index (χ0n) is 9.64. The predicted octanol–water partition coefficient (Wildman–Crippen LogP) is 1.87. The molecule has 1 aromatic carbocycles. The maximum absolute atomic E-state index is 11.7. The quantitative estimate of drug-likeness (QED) is 0.802. The van der Waals surface area contributed by atoms with Crippen molar-refractivity contribution in [1.29, 1.82) is 0 Å². The second-order valence-corrected chi connectivity index (χ2v) is 4.45. The molecule has 1 heterocycles. The summed E-state index contributed by atoms with van der Waals surface area (Å²) in [7, 11) is 1.27. The van der Waals surface area contributed by atoms with Crippen molar-refractivity contribution in [2.75, 3.05) is 12.4 Å². The number of carboxylic acid groups (broad SMARTS) is 1. The highest BCUT2D eigenvalue weighted by Gasteiger charge is 2.36. The van der Waals surface area contributed by atoms with Gasteiger partial charge in [-0.25, -0.2) is 4.79 Å². The molecule has 0 amide bonds. The van der Waals surface area contributed by atoms with Crippen molar-refractivity contribution < 1.29 is 19.4 Å². The van der Waals surface area contributed by atoms with E-state index in [-0.39, 0.29) is 6.42 Å². The molecule has 0 aromatic heterocycles. The number of ether oxygens (including phenoxy) is 1. The third kappa shape index (κ3) is 2.13. The molecule has 0 fully saturated rings. The van der Waals surface area contributed by atoms with Crippen molar-refractivity contribution in [2.45, 2.75) is 18.4 Å². The van der Waals surface area contributed by atoms with E-state index < -0.39 is 23.9 Å². The molecule has 2 rings (SSSR count). The third-order valence-electron chi connectivity index (χ3n) is 2.99. The molecule has 0 aliphatic carbocycles. The monoisotopic (exact) mass is 269 g/mol. The van der Waals surface area contributed by atoms with Gasteiger partial charge in [-0.15, -0.1) is 0 Å². The number of carbonyl (C=O) groups is 2. The molecule has 0 bridgehead atoms. The number of hydrogen-bond donors (Lipinski definition) is 2. The number of carboxylic acids is 1. The first-order chi connectivity index (χ1) is 8.54. The van der Waals surface area contributed by atoms with Gasteiger partial charge in [0.15, 0.2) is 0 Å². The van der Waals surface area contributed by atoms with Gasteiger partial charge in [-0.2, -0.15) is 0 Å². The number of aliphatic carboxylic acids is 1. The van der Waals surface area contributed by atoms with Crippen LogP contribution in [0.3, 0.4) is 0 Å². The Morgan fingerprint density at radius 2 is 2.22 bits per heavy atom. The fraction of sp³-hybridized carbons (Fsp3) is 0.333. The minimum atomic E-state index is -1.01. The molecule has 0 saturated carbocycles. The van der Waals surface area contributed by atoms with Gasteiger partial charge < -0.3 is 15.2 Å². The summed E-state index contributed by atoms with van der Waals surface area (Å²) in [6.45, 7) is 0. The summed E-state index contributed by atoms with van der Waals surface area (Å²) in [6, 6.07) is 4.25. The Morgan fingerprint density at radius 3 is 2.83 bits per heavy atom. The number of methoxy groups -OCH3 is 1. The van der Waals surface area contributed by atoms with Crippen LogP contribution < -0.4 is 5.32 Å². The second kappa shape index (κ2) is 4.86. The number of fused-ring (bicyclic) bond motifs is 1. The summed E-state index contributed by atoms with van der Waals surface area (Å²) in [5.74, 6) is -2.13. The van der Waals surface area contributed by atoms with E-state index in [1.165, 1.54) is 7.11 Å². The minimum absolute atomic E-state index is 0.124. The average Bonchev–Trinajstić information content (AvgIpc) is 2.36. The van der Waals surface area contributed by atoms with E-state index in [2.05, 4.69) is 5.32 Å². The second-order valence-electron chi connectivity index (χ2n) is 4.05. The van der Waals surface area contributed by atoms with Crippen molar-refractivity contribution >= 4 is 29.2 Å². The van der Waals surface area contributed by atoms with Gasteiger partial charge in [-0.3, -0.25) is 4.79 Å². The van der Waals surface area contributed by atoms with Crippen LogP contribution >= 0.6 is 11.6 Å². The van der Waals surface area contributed by atoms with Crippen LogP contribution in [0.25, 0.3) is 0 Å². The van der Waals surface area contributed by atoms with Crippen LogP contribution in [0.5, 0.6) is 0 Å². The van der Waals surface area contributed by atoms with Gasteiger partial charge in [0.05, 0.1) is 13.0 Å². The number of nitrogens with one attached hydrogen (secondary N) is 1. The lowest BCUT2D eigenvalue weighted by atomic mass is 9.87. The Bertz CT molecular complexity index is 503. The van der Waals surface area contributed by atoms with Gasteiger partial charge in [-0.1, -0.05) is 17.7 Å². The lowest BCUT2D eigenvalue weighted by Crippen LogP contribution is -2.37. The van der Waals surface area contributed by atoms with E-state index >= 15 is 0 Å². The maximum Gasteiger partial charge on any atom is 0.326 e. The molecule has 1 aromatic rings. The van der Waals surface area contributed by atoms with Gasteiger partial charge in [0.2, 0.25) is 0 Å². The topological polar surface area (TPSA) is 75.6 Å². The highest BCUT2D eigenvalue weighted by molar-refractivity contribution is 6.32. The van der Waals surface area contributed by atoms with Crippen molar-refractivity contribution in [3.05, 3.63) is 28.8 Å². The molecule has 1 aliphatic rings. The highest BCUT2D eigenvalue weighted by Crippen LogP contribution is 2.39. The summed E-state index contributed by atoms with van der Waals surface area (Å²) >= 11 is 6.07. The van der Waals surface area contributed by atoms with E-state index in [1.807, 2.05) is 0 Å². The standard InChI is InChI=1S/C12H12ClNO4/c1-18-12(17)6-5-9(11(15)16)14-8-4-2-3-7(13)10(6)8/h2-4,6,9,14H,5H2,1H3,(H,15,16)/t6-,9-/m0/s1. The average molecular weight is 270 g/mol. The Balaban J connectivity index is 2.47. The first-order valence-corrected chi connectivity index (χ1v) is 5.78. The summed E-state index contributed by atoms with van der Waals surface area (Å²) in [4.78, 5) is 22.8. The number of esters is 1. The molecular weight excluding hydrogens is 258 g/mol. The lowest BCUT2D eigenvalue weighted by Gasteiger charge is -2.30. The van der Waals surface area contributed by atoms with E-state index in [0.717, 1.165) is 0 Å². The number of halogens is 1. The van der Waals surface area contributed by atoms with Crippen LogP contribution in [0.4, 0.5) is 5.69 Å². The van der Waals surface area contributed by atoms with E-state index in [4.69, 9.17) is 21.4 Å². The molecule has 0 spiro atoms. The molecule has 0 saturated heterocycles. The smallest absolute Gasteiger partial charge is 0.326 e. The molecule has 6 heteroatoms. The van der Waals surface area contributed by atoms with Crippen molar-refractivity contribution in [1.82, 2.24) is 0 Å². The zero-order valence-corrected chi connectivity index (χ0v) is 10.4. The Morgan fingerprint density at radius 1 is 1.50 bits per heavy atom. The highest BCUT2D eigenvalue weighted by atomic mass is 35.5. The Kier molecular flexibility index (Phi) is 3.43. The van der Waals surface area contributed by atoms with Gasteiger partial charge in [0.25, 0.3) is 0 Å². The van der Waals surface area contributed by atoms with Crippen molar-refractivity contribution in [3.63, 3.8) is 0 Å². The van der Waals surface area contributed by atoms with E-state index in [1.54, 1.807) is 18.2 Å². The van der Waals surface area contributed by atoms with E-state index in [9.17, 15) is 9.59 Å². The summed E-state index contributed by atoms with van der Waals surface area (Å²) < 4.78 is 4.71. The Labute approximate surface area is 109 Å². The molecule has 1 aliphatic heterocycles. The minimum Gasteiger partial charge on any atom is -0.480 e. The number of rotatable bonds is 2. The fourth-order valence-corrected chi connectivity index (χ4v) is 2.44. The molecule has 2 N–H and O–H groups in total. The van der Waals surface area contributed by atoms with Crippen LogP contribution in [-0.4, -0.2) is 30.2 Å². The lowest BCUT2D eigenvalue weighted by molar-refractivity contribution is -0.143. The largest absolute Gasteiger partial charge is 0.480 e. The van der Waals surface area contributed by atoms with Gasteiger partial charge >= 0.3 is 11.9 Å². The number of hydrogen-bond acceptors (Lipinski definition) is 4.